The van der Waals surface area contributed by atoms with E-state index in [2.05, 4.69) is 19.9 Å². The number of aliphatic imine (C=N–C) groups is 1. The van der Waals surface area contributed by atoms with Crippen molar-refractivity contribution in [3.63, 3.8) is 0 Å². The van der Waals surface area contributed by atoms with Crippen LogP contribution in [0.4, 0.5) is 0 Å². The van der Waals surface area contributed by atoms with Crippen LogP contribution in [0.5, 0.6) is 17.4 Å². The number of benzene rings is 1. The van der Waals surface area contributed by atoms with Crippen LogP contribution >= 0.6 is 0 Å². The lowest BCUT2D eigenvalue weighted by atomic mass is 10.1. The summed E-state index contributed by atoms with van der Waals surface area (Å²) in [6.07, 6.45) is 2.89. The summed E-state index contributed by atoms with van der Waals surface area (Å²) in [5.41, 5.74) is 2.19. The number of sulfone groups is 1. The molecule has 0 radical (unpaired) electrons. The second kappa shape index (κ2) is 10.4. The quantitative estimate of drug-likeness (QED) is 0.426. The van der Waals surface area contributed by atoms with Crippen LogP contribution in [0.2, 0.25) is 0 Å². The Morgan fingerprint density at radius 1 is 1.17 bits per heavy atom. The molecule has 2 atom stereocenters. The number of hydrogen-bond acceptors (Lipinski definition) is 10. The number of hydrogen-bond donors (Lipinski definition) is 2. The Labute approximate surface area is 202 Å². The second-order valence-corrected chi connectivity index (χ2v) is 9.96. The van der Waals surface area contributed by atoms with Crippen molar-refractivity contribution in [3.8, 4) is 28.6 Å². The third-order valence-corrected chi connectivity index (χ3v) is 5.94. The molecular formula is C23H26N4O7S. The molecule has 12 heteroatoms. The standard InChI is InChI=1S/C23H26N4O7S/c1-14(13-31-2)32-16-6-15(19-4-5-20(27-19)23-26-9-18(12-28)34-23)7-17(8-16)33-21-10-25-22(11-24-21)35(3,29)30/h4-8,10-11,14,18,27-28H,9,12-13H2,1-3H3/t14-,18?/m0/s1. The summed E-state index contributed by atoms with van der Waals surface area (Å²) in [4.78, 5) is 15.5. The number of nitrogens with one attached hydrogen (secondary N) is 1. The first kappa shape index (κ1) is 24.6. The molecule has 11 nitrogen and oxygen atoms in total. The molecule has 4 rings (SSSR count). The van der Waals surface area contributed by atoms with E-state index in [0.29, 0.717) is 36.2 Å². The minimum absolute atomic E-state index is 0.103. The third-order valence-electron chi connectivity index (χ3n) is 4.97. The molecule has 2 aromatic heterocycles. The van der Waals surface area contributed by atoms with Gasteiger partial charge in [0.25, 0.3) is 0 Å². The molecule has 1 aromatic carbocycles. The minimum atomic E-state index is -3.47. The molecule has 0 amide bonds. The molecule has 2 N–H and O–H groups in total. The Balaban J connectivity index is 1.62. The van der Waals surface area contributed by atoms with E-state index < -0.39 is 9.84 Å². The molecule has 0 fully saturated rings. The Morgan fingerprint density at radius 2 is 1.94 bits per heavy atom. The van der Waals surface area contributed by atoms with Crippen molar-refractivity contribution >= 4 is 15.7 Å². The van der Waals surface area contributed by atoms with Crippen LogP contribution in [-0.2, 0) is 19.3 Å². The summed E-state index contributed by atoms with van der Waals surface area (Å²) in [6, 6.07) is 9.03. The fourth-order valence-electron chi connectivity index (χ4n) is 3.37. The highest BCUT2D eigenvalue weighted by Gasteiger charge is 2.21. The number of ether oxygens (including phenoxy) is 4. The van der Waals surface area contributed by atoms with E-state index in [-0.39, 0.29) is 29.7 Å². The van der Waals surface area contributed by atoms with E-state index >= 15 is 0 Å². The van der Waals surface area contributed by atoms with Gasteiger partial charge in [0.15, 0.2) is 14.9 Å². The average Bonchev–Trinajstić information content (AvgIpc) is 3.48. The van der Waals surface area contributed by atoms with Gasteiger partial charge in [-0.1, -0.05) is 0 Å². The molecule has 0 aliphatic carbocycles. The predicted octanol–water partition coefficient (Wildman–Crippen LogP) is 2.22. The van der Waals surface area contributed by atoms with Crippen LogP contribution in [-0.4, -0.2) is 79.7 Å². The number of aliphatic hydroxyl groups is 1. The number of aliphatic hydroxyl groups excluding tert-OH is 1. The molecule has 186 valence electrons. The minimum Gasteiger partial charge on any atom is -0.488 e. The van der Waals surface area contributed by atoms with Gasteiger partial charge in [-0.15, -0.1) is 0 Å². The van der Waals surface area contributed by atoms with E-state index in [0.717, 1.165) is 23.7 Å². The first-order chi connectivity index (χ1) is 16.7. The maximum Gasteiger partial charge on any atom is 0.237 e. The summed E-state index contributed by atoms with van der Waals surface area (Å²) in [5, 5.41) is 9.13. The van der Waals surface area contributed by atoms with Crippen LogP contribution in [0, 0.1) is 0 Å². The maximum atomic E-state index is 11.6. The number of H-pyrrole nitrogens is 1. The third kappa shape index (κ3) is 6.15. The largest absolute Gasteiger partial charge is 0.488 e. The fraction of sp³-hybridized carbons (Fsp3) is 0.348. The number of nitrogens with zero attached hydrogens (tertiary/aromatic N) is 3. The highest BCUT2D eigenvalue weighted by molar-refractivity contribution is 7.90. The maximum absolute atomic E-state index is 11.6. The van der Waals surface area contributed by atoms with Gasteiger partial charge >= 0.3 is 0 Å². The van der Waals surface area contributed by atoms with Crippen molar-refractivity contribution in [2.45, 2.75) is 24.2 Å². The van der Waals surface area contributed by atoms with Gasteiger partial charge in [-0.3, -0.25) is 0 Å². The van der Waals surface area contributed by atoms with Crippen molar-refractivity contribution in [1.29, 1.82) is 0 Å². The van der Waals surface area contributed by atoms with Gasteiger partial charge in [-0.2, -0.15) is 0 Å². The van der Waals surface area contributed by atoms with Gasteiger partial charge in [0, 0.05) is 30.7 Å². The highest BCUT2D eigenvalue weighted by atomic mass is 32.2. The van der Waals surface area contributed by atoms with Gasteiger partial charge in [0.1, 0.15) is 29.4 Å². The van der Waals surface area contributed by atoms with Crippen molar-refractivity contribution in [1.82, 2.24) is 15.0 Å². The molecule has 3 heterocycles. The van der Waals surface area contributed by atoms with Crippen LogP contribution in [0.25, 0.3) is 11.3 Å². The summed E-state index contributed by atoms with van der Waals surface area (Å²) in [6.45, 7) is 2.58. The monoisotopic (exact) mass is 502 g/mol. The van der Waals surface area contributed by atoms with Crippen LogP contribution < -0.4 is 9.47 Å². The molecule has 0 saturated carbocycles. The summed E-state index contributed by atoms with van der Waals surface area (Å²) < 4.78 is 45.9. The summed E-state index contributed by atoms with van der Waals surface area (Å²) in [7, 11) is -1.87. The first-order valence-corrected chi connectivity index (χ1v) is 12.7. The van der Waals surface area contributed by atoms with E-state index in [9.17, 15) is 13.5 Å². The number of rotatable bonds is 10. The van der Waals surface area contributed by atoms with Crippen LogP contribution in [0.3, 0.4) is 0 Å². The van der Waals surface area contributed by atoms with Crippen molar-refractivity contribution in [2.24, 2.45) is 4.99 Å². The van der Waals surface area contributed by atoms with Crippen LogP contribution in [0.1, 0.15) is 12.6 Å². The molecule has 0 saturated heterocycles. The first-order valence-electron chi connectivity index (χ1n) is 10.8. The lowest BCUT2D eigenvalue weighted by molar-refractivity contribution is 0.0920. The fourth-order valence-corrected chi connectivity index (χ4v) is 3.86. The Kier molecular flexibility index (Phi) is 7.34. The van der Waals surface area contributed by atoms with E-state index in [1.165, 1.54) is 6.20 Å². The molecule has 0 bridgehead atoms. The van der Waals surface area contributed by atoms with Gasteiger partial charge in [-0.05, 0) is 31.2 Å². The Bertz CT molecular complexity index is 1310. The van der Waals surface area contributed by atoms with Crippen molar-refractivity contribution in [2.75, 3.05) is 33.1 Å². The molecule has 35 heavy (non-hydrogen) atoms. The second-order valence-electron chi connectivity index (χ2n) is 8.00. The van der Waals surface area contributed by atoms with Gasteiger partial charge in [-0.25, -0.2) is 23.4 Å². The molecule has 1 unspecified atom stereocenters. The van der Waals surface area contributed by atoms with Crippen LogP contribution in [0.15, 0.2) is 52.7 Å². The predicted molar refractivity (Wildman–Crippen MR) is 127 cm³/mol. The summed E-state index contributed by atoms with van der Waals surface area (Å²) >= 11 is 0. The Hall–Kier alpha value is -3.48. The van der Waals surface area contributed by atoms with Crippen molar-refractivity contribution < 1.29 is 32.5 Å². The van der Waals surface area contributed by atoms with E-state index in [4.69, 9.17) is 18.9 Å². The number of aromatic amines is 1. The topological polar surface area (TPSA) is 145 Å². The highest BCUT2D eigenvalue weighted by Crippen LogP contribution is 2.32. The summed E-state index contributed by atoms with van der Waals surface area (Å²) in [5.74, 6) is 1.51. The lowest BCUT2D eigenvalue weighted by Crippen LogP contribution is -2.18. The van der Waals surface area contributed by atoms with E-state index in [1.54, 1.807) is 19.2 Å². The zero-order valence-electron chi connectivity index (χ0n) is 19.5. The lowest BCUT2D eigenvalue weighted by Gasteiger charge is -2.16. The molecule has 1 aliphatic heterocycles. The molecular weight excluding hydrogens is 476 g/mol. The van der Waals surface area contributed by atoms with Crippen molar-refractivity contribution in [3.05, 3.63) is 48.4 Å². The average molecular weight is 503 g/mol. The SMILES string of the molecule is COC[C@H](C)Oc1cc(Oc2cnc(S(C)(=O)=O)cn2)cc(-c2ccc(C3=NCC(CO)O3)[nH]2)c1. The number of aromatic nitrogens is 3. The Morgan fingerprint density at radius 3 is 2.60 bits per heavy atom. The van der Waals surface area contributed by atoms with E-state index in [1.807, 2.05) is 25.1 Å². The smallest absolute Gasteiger partial charge is 0.237 e. The van der Waals surface area contributed by atoms with Gasteiger partial charge in [0.05, 0.1) is 32.2 Å². The number of methoxy groups -OCH3 is 1. The zero-order valence-corrected chi connectivity index (χ0v) is 20.3. The molecule has 1 aliphatic rings. The van der Waals surface area contributed by atoms with Gasteiger partial charge in [0.2, 0.25) is 11.8 Å². The van der Waals surface area contributed by atoms with Gasteiger partial charge < -0.3 is 29.0 Å². The molecule has 3 aromatic rings. The normalized spacial score (nSPS) is 16.5. The zero-order chi connectivity index (χ0) is 25.0. The molecule has 0 spiro atoms.